The van der Waals surface area contributed by atoms with Gasteiger partial charge in [0.05, 0.1) is 5.56 Å². The van der Waals surface area contributed by atoms with Gasteiger partial charge in [-0.25, -0.2) is 4.39 Å². The van der Waals surface area contributed by atoms with Gasteiger partial charge < -0.3 is 11.5 Å². The number of carbonyl (C=O) groups excluding carboxylic acids is 1. The highest BCUT2D eigenvalue weighted by Gasteiger charge is 2.14. The van der Waals surface area contributed by atoms with Gasteiger partial charge in [-0.2, -0.15) is 4.99 Å². The van der Waals surface area contributed by atoms with Crippen molar-refractivity contribution < 1.29 is 9.18 Å². The fraction of sp³-hybridized carbons (Fsp3) is 0.0909. The molecule has 0 fully saturated rings. The first-order valence-corrected chi connectivity index (χ1v) is 5.68. The van der Waals surface area contributed by atoms with Gasteiger partial charge in [0.1, 0.15) is 5.82 Å². The van der Waals surface area contributed by atoms with Crippen LogP contribution in [0.5, 0.6) is 0 Å². The van der Waals surface area contributed by atoms with E-state index in [4.69, 9.17) is 11.5 Å². The average molecular weight is 251 g/mol. The molecule has 17 heavy (non-hydrogen) atoms. The second-order valence-electron chi connectivity index (χ2n) is 3.59. The van der Waals surface area contributed by atoms with Crippen LogP contribution in [0.2, 0.25) is 0 Å². The van der Waals surface area contributed by atoms with Gasteiger partial charge in [-0.1, -0.05) is 0 Å². The molecule has 0 unspecified atom stereocenters. The standard InChI is InChI=1S/C11H10FN3OS/c1-5-4-17-9-3-7(8(12)2-6(5)9)10(16)15-11(13)14/h2-4H,1H3,(H4,13,14,15,16). The quantitative estimate of drug-likeness (QED) is 0.598. The lowest BCUT2D eigenvalue weighted by Crippen LogP contribution is -2.24. The number of nitrogens with zero attached hydrogens (tertiary/aromatic N) is 1. The normalized spacial score (nSPS) is 10.5. The van der Waals surface area contributed by atoms with Crippen LogP contribution in [0.15, 0.2) is 22.5 Å². The Bertz CT molecular complexity index is 629. The molecule has 1 heterocycles. The third-order valence-electron chi connectivity index (χ3n) is 2.32. The van der Waals surface area contributed by atoms with Crippen molar-refractivity contribution in [3.05, 3.63) is 34.5 Å². The van der Waals surface area contributed by atoms with Crippen molar-refractivity contribution in [1.82, 2.24) is 0 Å². The van der Waals surface area contributed by atoms with E-state index in [1.54, 1.807) is 0 Å². The maximum atomic E-state index is 13.7. The number of halogens is 1. The highest BCUT2D eigenvalue weighted by molar-refractivity contribution is 7.17. The van der Waals surface area contributed by atoms with Gasteiger partial charge in [0.2, 0.25) is 0 Å². The molecular weight excluding hydrogens is 241 g/mol. The molecule has 0 atom stereocenters. The molecule has 0 aliphatic heterocycles. The lowest BCUT2D eigenvalue weighted by molar-refractivity contribution is 0.0999. The van der Waals surface area contributed by atoms with E-state index < -0.39 is 11.7 Å². The van der Waals surface area contributed by atoms with Crippen LogP contribution in [0, 0.1) is 12.7 Å². The minimum absolute atomic E-state index is 0.118. The zero-order valence-corrected chi connectivity index (χ0v) is 9.84. The minimum Gasteiger partial charge on any atom is -0.370 e. The fourth-order valence-corrected chi connectivity index (χ4v) is 2.48. The molecule has 0 aliphatic carbocycles. The van der Waals surface area contributed by atoms with Gasteiger partial charge in [-0.15, -0.1) is 11.3 Å². The molecule has 1 aromatic carbocycles. The van der Waals surface area contributed by atoms with E-state index in [0.717, 1.165) is 15.6 Å². The van der Waals surface area contributed by atoms with Crippen LogP contribution in [0.1, 0.15) is 15.9 Å². The summed E-state index contributed by atoms with van der Waals surface area (Å²) in [7, 11) is 0. The Morgan fingerprint density at radius 2 is 2.12 bits per heavy atom. The first-order valence-electron chi connectivity index (χ1n) is 4.80. The molecule has 6 heteroatoms. The van der Waals surface area contributed by atoms with Gasteiger partial charge in [-0.05, 0) is 35.4 Å². The number of benzene rings is 1. The SMILES string of the molecule is Cc1csc2cc(C(=O)N=C(N)N)c(F)cc12. The molecule has 0 radical (unpaired) electrons. The number of aryl methyl sites for hydroxylation is 1. The summed E-state index contributed by atoms with van der Waals surface area (Å²) >= 11 is 1.44. The molecule has 0 spiro atoms. The summed E-state index contributed by atoms with van der Waals surface area (Å²) in [5, 5.41) is 2.70. The molecule has 2 rings (SSSR count). The van der Waals surface area contributed by atoms with Crippen LogP contribution in [-0.2, 0) is 0 Å². The number of aliphatic imine (C=N–C) groups is 1. The fourth-order valence-electron chi connectivity index (χ4n) is 1.52. The summed E-state index contributed by atoms with van der Waals surface area (Å²) in [6, 6.07) is 2.80. The number of fused-ring (bicyclic) bond motifs is 1. The maximum absolute atomic E-state index is 13.7. The van der Waals surface area contributed by atoms with E-state index in [1.807, 2.05) is 12.3 Å². The van der Waals surface area contributed by atoms with Gasteiger partial charge in [0.25, 0.3) is 5.91 Å². The number of guanidine groups is 1. The Balaban J connectivity index is 2.59. The minimum atomic E-state index is -0.768. The molecule has 0 saturated heterocycles. The first kappa shape index (κ1) is 11.5. The first-order chi connectivity index (χ1) is 7.99. The molecule has 2 aromatic rings. The largest absolute Gasteiger partial charge is 0.370 e. The number of rotatable bonds is 1. The Labute approximate surface area is 101 Å². The number of carbonyl (C=O) groups is 1. The molecule has 88 valence electrons. The number of thiophene rings is 1. The van der Waals surface area contributed by atoms with Gasteiger partial charge in [-0.3, -0.25) is 4.79 Å². The molecule has 0 aliphatic rings. The van der Waals surface area contributed by atoms with E-state index in [9.17, 15) is 9.18 Å². The van der Waals surface area contributed by atoms with Gasteiger partial charge in [0, 0.05) is 4.70 Å². The Hall–Kier alpha value is -1.95. The number of hydrogen-bond acceptors (Lipinski definition) is 2. The molecule has 1 amide bonds. The number of hydrogen-bond donors (Lipinski definition) is 2. The predicted molar refractivity (Wildman–Crippen MR) is 66.7 cm³/mol. The van der Waals surface area contributed by atoms with Crippen molar-refractivity contribution in [3.63, 3.8) is 0 Å². The van der Waals surface area contributed by atoms with Crippen LogP contribution >= 0.6 is 11.3 Å². The number of amides is 1. The van der Waals surface area contributed by atoms with Crippen LogP contribution in [-0.4, -0.2) is 11.9 Å². The summed E-state index contributed by atoms with van der Waals surface area (Å²) in [6.07, 6.45) is 0. The Morgan fingerprint density at radius 3 is 2.76 bits per heavy atom. The summed E-state index contributed by atoms with van der Waals surface area (Å²) in [4.78, 5) is 14.9. The lowest BCUT2D eigenvalue weighted by atomic mass is 10.1. The van der Waals surface area contributed by atoms with Crippen molar-refractivity contribution in [3.8, 4) is 0 Å². The van der Waals surface area contributed by atoms with Crippen molar-refractivity contribution in [2.24, 2.45) is 16.5 Å². The topological polar surface area (TPSA) is 81.5 Å². The predicted octanol–water partition coefficient (Wildman–Crippen LogP) is 1.76. The van der Waals surface area contributed by atoms with Crippen LogP contribution in [0.25, 0.3) is 10.1 Å². The third-order valence-corrected chi connectivity index (χ3v) is 3.38. The van der Waals surface area contributed by atoms with E-state index in [1.165, 1.54) is 23.5 Å². The third kappa shape index (κ3) is 2.12. The maximum Gasteiger partial charge on any atom is 0.283 e. The van der Waals surface area contributed by atoms with Gasteiger partial charge >= 0.3 is 0 Å². The molecule has 0 saturated carbocycles. The summed E-state index contributed by atoms with van der Waals surface area (Å²) < 4.78 is 14.5. The Kier molecular flexibility index (Phi) is 2.81. The van der Waals surface area contributed by atoms with Crippen LogP contribution in [0.4, 0.5) is 4.39 Å². The lowest BCUT2D eigenvalue weighted by Gasteiger charge is -2.00. The van der Waals surface area contributed by atoms with E-state index in [0.29, 0.717) is 0 Å². The molecule has 1 aromatic heterocycles. The van der Waals surface area contributed by atoms with Crippen molar-refractivity contribution in [1.29, 1.82) is 0 Å². The Morgan fingerprint density at radius 1 is 1.41 bits per heavy atom. The van der Waals surface area contributed by atoms with Crippen LogP contribution < -0.4 is 11.5 Å². The van der Waals surface area contributed by atoms with E-state index in [2.05, 4.69) is 4.99 Å². The van der Waals surface area contributed by atoms with Crippen molar-refractivity contribution in [2.75, 3.05) is 0 Å². The summed E-state index contributed by atoms with van der Waals surface area (Å²) in [6.45, 7) is 1.88. The highest BCUT2D eigenvalue weighted by Crippen LogP contribution is 2.28. The average Bonchev–Trinajstić information content (AvgIpc) is 2.58. The second-order valence-corrected chi connectivity index (χ2v) is 4.50. The van der Waals surface area contributed by atoms with Crippen LogP contribution in [0.3, 0.4) is 0 Å². The van der Waals surface area contributed by atoms with E-state index >= 15 is 0 Å². The zero-order valence-electron chi connectivity index (χ0n) is 9.03. The second kappa shape index (κ2) is 4.14. The highest BCUT2D eigenvalue weighted by atomic mass is 32.1. The summed E-state index contributed by atoms with van der Waals surface area (Å²) in [5.74, 6) is -1.76. The molecule has 4 nitrogen and oxygen atoms in total. The van der Waals surface area contributed by atoms with Gasteiger partial charge in [0.15, 0.2) is 5.96 Å². The smallest absolute Gasteiger partial charge is 0.283 e. The van der Waals surface area contributed by atoms with Crippen molar-refractivity contribution in [2.45, 2.75) is 6.92 Å². The molecular formula is C11H10FN3OS. The zero-order chi connectivity index (χ0) is 12.6. The molecule has 4 N–H and O–H groups in total. The monoisotopic (exact) mass is 251 g/mol. The number of nitrogens with two attached hydrogens (primary N) is 2. The van der Waals surface area contributed by atoms with E-state index in [-0.39, 0.29) is 11.5 Å². The summed E-state index contributed by atoms with van der Waals surface area (Å²) in [5.41, 5.74) is 11.0. The van der Waals surface area contributed by atoms with Crippen molar-refractivity contribution >= 4 is 33.3 Å². The molecule has 0 bridgehead atoms.